The number of anilines is 1. The average Bonchev–Trinajstić information content (AvgIpc) is 3.36. The number of aliphatic hydroxyl groups is 2. The van der Waals surface area contributed by atoms with Gasteiger partial charge in [-0.05, 0) is 52.8 Å². The molecule has 0 saturated heterocycles. The van der Waals surface area contributed by atoms with Crippen LogP contribution in [0.4, 0.5) is 10.5 Å². The van der Waals surface area contributed by atoms with Crippen LogP contribution in [0.1, 0.15) is 51.1 Å². The molecule has 0 spiro atoms. The molecule has 1 aliphatic heterocycles. The van der Waals surface area contributed by atoms with E-state index in [1.807, 2.05) is 36.4 Å². The molecule has 2 amide bonds. The predicted octanol–water partition coefficient (Wildman–Crippen LogP) is 3.45. The third-order valence-corrected chi connectivity index (χ3v) is 6.86. The van der Waals surface area contributed by atoms with Crippen LogP contribution in [0.5, 0.6) is 0 Å². The Morgan fingerprint density at radius 2 is 1.64 bits per heavy atom. The van der Waals surface area contributed by atoms with E-state index in [1.165, 1.54) is 0 Å². The number of carbonyl (C=O) groups excluding carboxylic acids is 3. The smallest absolute Gasteiger partial charge is 0.407 e. The molecule has 184 valence electrons. The first kappa shape index (κ1) is 23.7. The maximum Gasteiger partial charge on any atom is 0.407 e. The van der Waals surface area contributed by atoms with Crippen molar-refractivity contribution in [3.8, 4) is 11.1 Å². The third kappa shape index (κ3) is 4.14. The van der Waals surface area contributed by atoms with Crippen LogP contribution in [0.15, 0.2) is 60.7 Å². The molecule has 2 unspecified atom stereocenters. The second kappa shape index (κ2) is 9.56. The standard InChI is InChI=1S/C28H26N2O6/c1-15-10-11-21-24(26(33)27(34)30-21)23(15)25(32)22(31)12-13-29-28(35)36-14-20-18-8-4-2-6-16(18)17-7-3-5-9-19(17)20/h2-11,20,22,25,31-32H,12-14H2,1H3,(H,29,35)(H,30,33,34). The van der Waals surface area contributed by atoms with E-state index in [9.17, 15) is 24.6 Å². The number of alkyl carbamates (subject to hydrolysis) is 1. The molecule has 5 rings (SSSR count). The Bertz CT molecular complexity index is 1320. The second-order valence-corrected chi connectivity index (χ2v) is 9.06. The van der Waals surface area contributed by atoms with Gasteiger partial charge in [0, 0.05) is 12.5 Å². The van der Waals surface area contributed by atoms with E-state index in [0.29, 0.717) is 11.3 Å². The molecule has 2 aliphatic rings. The number of ether oxygens (including phenoxy) is 1. The molecule has 0 radical (unpaired) electrons. The van der Waals surface area contributed by atoms with Gasteiger partial charge in [-0.2, -0.15) is 0 Å². The lowest BCUT2D eigenvalue weighted by molar-refractivity contribution is -0.112. The van der Waals surface area contributed by atoms with Crippen molar-refractivity contribution in [3.05, 3.63) is 88.5 Å². The van der Waals surface area contributed by atoms with Crippen LogP contribution in [-0.4, -0.2) is 47.3 Å². The van der Waals surface area contributed by atoms with Crippen LogP contribution in [0, 0.1) is 6.92 Å². The van der Waals surface area contributed by atoms with Gasteiger partial charge in [-0.25, -0.2) is 4.79 Å². The first-order valence-electron chi connectivity index (χ1n) is 11.8. The van der Waals surface area contributed by atoms with Gasteiger partial charge < -0.3 is 25.6 Å². The van der Waals surface area contributed by atoms with Crippen molar-refractivity contribution in [2.75, 3.05) is 18.5 Å². The predicted molar refractivity (Wildman–Crippen MR) is 133 cm³/mol. The zero-order valence-electron chi connectivity index (χ0n) is 19.7. The quantitative estimate of drug-likeness (QED) is 0.379. The Labute approximate surface area is 207 Å². The van der Waals surface area contributed by atoms with Crippen molar-refractivity contribution in [1.29, 1.82) is 0 Å². The van der Waals surface area contributed by atoms with Gasteiger partial charge in [0.15, 0.2) is 0 Å². The van der Waals surface area contributed by atoms with Crippen molar-refractivity contribution in [1.82, 2.24) is 5.32 Å². The van der Waals surface area contributed by atoms with Gasteiger partial charge in [-0.15, -0.1) is 0 Å². The molecule has 2 atom stereocenters. The Morgan fingerprint density at radius 3 is 2.31 bits per heavy atom. The molecule has 3 aromatic rings. The molecule has 8 nitrogen and oxygen atoms in total. The molecular formula is C28H26N2O6. The molecule has 1 heterocycles. The summed E-state index contributed by atoms with van der Waals surface area (Å²) in [7, 11) is 0. The monoisotopic (exact) mass is 486 g/mol. The van der Waals surface area contributed by atoms with E-state index in [0.717, 1.165) is 22.3 Å². The number of hydrogen-bond acceptors (Lipinski definition) is 6. The fourth-order valence-electron chi connectivity index (χ4n) is 5.07. The van der Waals surface area contributed by atoms with Crippen molar-refractivity contribution in [3.63, 3.8) is 0 Å². The van der Waals surface area contributed by atoms with Gasteiger partial charge in [-0.3, -0.25) is 9.59 Å². The van der Waals surface area contributed by atoms with E-state index in [2.05, 4.69) is 22.8 Å². The van der Waals surface area contributed by atoms with Crippen LogP contribution < -0.4 is 10.6 Å². The first-order chi connectivity index (χ1) is 17.4. The summed E-state index contributed by atoms with van der Waals surface area (Å²) in [6, 6.07) is 19.4. The normalized spacial score (nSPS) is 15.5. The summed E-state index contributed by atoms with van der Waals surface area (Å²) in [5.74, 6) is -1.57. The number of carbonyl (C=O) groups is 3. The Morgan fingerprint density at radius 1 is 1.00 bits per heavy atom. The number of aryl methyl sites for hydroxylation is 1. The van der Waals surface area contributed by atoms with Gasteiger partial charge in [0.1, 0.15) is 12.7 Å². The van der Waals surface area contributed by atoms with Crippen molar-refractivity contribution in [2.24, 2.45) is 0 Å². The molecule has 1 aliphatic carbocycles. The third-order valence-electron chi connectivity index (χ3n) is 6.86. The molecule has 3 aromatic carbocycles. The average molecular weight is 487 g/mol. The van der Waals surface area contributed by atoms with E-state index in [-0.39, 0.29) is 36.6 Å². The van der Waals surface area contributed by atoms with Gasteiger partial charge in [-0.1, -0.05) is 54.6 Å². The SMILES string of the molecule is Cc1ccc2c(c1C(O)C(O)CCNC(=O)OCC1c3ccccc3-c3ccccc31)C(=O)C(=O)N2. The molecule has 0 fully saturated rings. The Hall–Kier alpha value is -4.01. The van der Waals surface area contributed by atoms with Crippen molar-refractivity contribution in [2.45, 2.75) is 31.5 Å². The molecule has 0 aromatic heterocycles. The van der Waals surface area contributed by atoms with Crippen molar-refractivity contribution < 1.29 is 29.3 Å². The first-order valence-corrected chi connectivity index (χ1v) is 11.8. The number of rotatable bonds is 7. The maximum atomic E-state index is 12.4. The van der Waals surface area contributed by atoms with E-state index >= 15 is 0 Å². The number of nitrogens with one attached hydrogen (secondary N) is 2. The Kier molecular flexibility index (Phi) is 6.30. The van der Waals surface area contributed by atoms with Gasteiger partial charge in [0.25, 0.3) is 11.7 Å². The topological polar surface area (TPSA) is 125 Å². The highest BCUT2D eigenvalue weighted by atomic mass is 16.5. The highest BCUT2D eigenvalue weighted by Crippen LogP contribution is 2.44. The number of amides is 2. The minimum Gasteiger partial charge on any atom is -0.449 e. The second-order valence-electron chi connectivity index (χ2n) is 9.06. The summed E-state index contributed by atoms with van der Waals surface area (Å²) in [6.45, 7) is 1.91. The molecular weight excluding hydrogens is 460 g/mol. The molecule has 0 bridgehead atoms. The number of ketones is 1. The van der Waals surface area contributed by atoms with Gasteiger partial charge >= 0.3 is 6.09 Å². The highest BCUT2D eigenvalue weighted by Gasteiger charge is 2.35. The number of hydrogen-bond donors (Lipinski definition) is 4. The number of aliphatic hydroxyl groups excluding tert-OH is 2. The molecule has 36 heavy (non-hydrogen) atoms. The lowest BCUT2D eigenvalue weighted by Gasteiger charge is -2.22. The lowest BCUT2D eigenvalue weighted by atomic mass is 9.91. The van der Waals surface area contributed by atoms with Crippen LogP contribution in [0.25, 0.3) is 11.1 Å². The Balaban J connectivity index is 1.17. The summed E-state index contributed by atoms with van der Waals surface area (Å²) in [6.07, 6.45) is -3.28. The summed E-state index contributed by atoms with van der Waals surface area (Å²) in [5, 5.41) is 26.4. The lowest BCUT2D eigenvalue weighted by Crippen LogP contribution is -2.31. The molecule has 0 saturated carbocycles. The summed E-state index contributed by atoms with van der Waals surface area (Å²) in [5.41, 5.74) is 5.68. The minimum atomic E-state index is -1.40. The fourth-order valence-corrected chi connectivity index (χ4v) is 5.07. The van der Waals surface area contributed by atoms with Crippen LogP contribution >= 0.6 is 0 Å². The zero-order chi connectivity index (χ0) is 25.4. The number of fused-ring (bicyclic) bond motifs is 4. The van der Waals surface area contributed by atoms with Crippen molar-refractivity contribution >= 4 is 23.5 Å². The van der Waals surface area contributed by atoms with Crippen LogP contribution in [-0.2, 0) is 9.53 Å². The van der Waals surface area contributed by atoms with Crippen LogP contribution in [0.2, 0.25) is 0 Å². The fraction of sp³-hybridized carbons (Fsp3) is 0.250. The molecule has 8 heteroatoms. The highest BCUT2D eigenvalue weighted by molar-refractivity contribution is 6.52. The summed E-state index contributed by atoms with van der Waals surface area (Å²) in [4.78, 5) is 36.4. The number of Topliss-reactive ketones (excluding diaryl/α,β-unsaturated/α-hetero) is 1. The van der Waals surface area contributed by atoms with Crippen LogP contribution in [0.3, 0.4) is 0 Å². The minimum absolute atomic E-state index is 0.0179. The van der Waals surface area contributed by atoms with Gasteiger partial charge in [0.2, 0.25) is 0 Å². The zero-order valence-corrected chi connectivity index (χ0v) is 19.7. The number of benzene rings is 3. The van der Waals surface area contributed by atoms with E-state index in [4.69, 9.17) is 4.74 Å². The maximum absolute atomic E-state index is 12.4. The largest absolute Gasteiger partial charge is 0.449 e. The molecule has 4 N–H and O–H groups in total. The van der Waals surface area contributed by atoms with E-state index in [1.54, 1.807) is 19.1 Å². The van der Waals surface area contributed by atoms with Gasteiger partial charge in [0.05, 0.1) is 17.4 Å². The summed E-state index contributed by atoms with van der Waals surface area (Å²) < 4.78 is 5.49. The van der Waals surface area contributed by atoms with E-state index < -0.39 is 30.0 Å². The summed E-state index contributed by atoms with van der Waals surface area (Å²) >= 11 is 0.